The Labute approximate surface area is 168 Å². The van der Waals surface area contributed by atoms with E-state index in [1.807, 2.05) is 66.7 Å². The molecule has 0 saturated carbocycles. The quantitative estimate of drug-likeness (QED) is 0.477. The minimum Gasteiger partial charge on any atom is -0.381 e. The average Bonchev–Trinajstić information content (AvgIpc) is 3.35. The minimum atomic E-state index is -0.232. The van der Waals surface area contributed by atoms with Gasteiger partial charge in [-0.15, -0.1) is 0 Å². The molecule has 3 N–H and O–H groups in total. The first-order chi connectivity index (χ1) is 14.3. The fraction of sp³-hybridized carbons (Fsp3) is 0.0833. The molecule has 0 saturated heterocycles. The normalized spacial score (nSPS) is 15.0. The number of anilines is 1. The molecule has 0 bridgehead atoms. The molecule has 1 unspecified atom stereocenters. The van der Waals surface area contributed by atoms with E-state index in [1.165, 1.54) is 5.56 Å². The number of rotatable bonds is 5. The zero-order chi connectivity index (χ0) is 19.6. The van der Waals surface area contributed by atoms with Crippen molar-refractivity contribution in [2.45, 2.75) is 12.6 Å². The fourth-order valence-corrected chi connectivity index (χ4v) is 3.77. The highest BCUT2D eigenvalue weighted by molar-refractivity contribution is 6.00. The van der Waals surface area contributed by atoms with Crippen LogP contribution in [-0.2, 0) is 6.54 Å². The molecule has 5 rings (SSSR count). The number of benzene rings is 3. The van der Waals surface area contributed by atoms with Gasteiger partial charge in [0.05, 0.1) is 11.7 Å². The van der Waals surface area contributed by atoms with Crippen LogP contribution < -0.4 is 10.6 Å². The van der Waals surface area contributed by atoms with Crippen LogP contribution in [-0.4, -0.2) is 16.1 Å². The Morgan fingerprint density at radius 3 is 2.45 bits per heavy atom. The van der Waals surface area contributed by atoms with Crippen molar-refractivity contribution in [1.82, 2.24) is 15.5 Å². The topological polar surface area (TPSA) is 69.8 Å². The van der Waals surface area contributed by atoms with Crippen molar-refractivity contribution in [2.24, 2.45) is 0 Å². The third kappa shape index (κ3) is 3.27. The molecule has 1 aliphatic rings. The van der Waals surface area contributed by atoms with Gasteiger partial charge >= 0.3 is 0 Å². The van der Waals surface area contributed by atoms with Crippen molar-refractivity contribution in [1.29, 1.82) is 0 Å². The second-order valence-corrected chi connectivity index (χ2v) is 7.10. The Balaban J connectivity index is 1.46. The van der Waals surface area contributed by atoms with Gasteiger partial charge < -0.3 is 10.6 Å². The molecule has 0 spiro atoms. The van der Waals surface area contributed by atoms with E-state index in [4.69, 9.17) is 0 Å². The van der Waals surface area contributed by atoms with Crippen LogP contribution in [0.3, 0.4) is 0 Å². The van der Waals surface area contributed by atoms with Crippen LogP contribution in [0.2, 0.25) is 0 Å². The van der Waals surface area contributed by atoms with Crippen LogP contribution in [0.15, 0.2) is 84.9 Å². The van der Waals surface area contributed by atoms with E-state index in [2.05, 4.69) is 39.0 Å². The standard InChI is InChI=1S/C24H20N4O/c29-24-23-20(22(27-28-23)17-10-5-2-6-11-17)21(26-24)18-12-7-13-19(14-18)25-15-16-8-3-1-4-9-16/h1-14,21,25H,15H2,(H,26,29)(H,27,28). The first-order valence-corrected chi connectivity index (χ1v) is 9.62. The number of carbonyl (C=O) groups excluding carboxylic acids is 1. The predicted octanol–water partition coefficient (Wildman–Crippen LogP) is 4.52. The Kier molecular flexibility index (Phi) is 4.33. The number of fused-ring (bicyclic) bond motifs is 1. The monoisotopic (exact) mass is 380 g/mol. The first-order valence-electron chi connectivity index (χ1n) is 9.62. The van der Waals surface area contributed by atoms with Crippen molar-refractivity contribution in [2.75, 3.05) is 5.32 Å². The molecular weight excluding hydrogens is 360 g/mol. The van der Waals surface area contributed by atoms with Gasteiger partial charge in [0.1, 0.15) is 5.69 Å². The van der Waals surface area contributed by atoms with E-state index in [9.17, 15) is 4.79 Å². The summed E-state index contributed by atoms with van der Waals surface area (Å²) >= 11 is 0. The Bertz CT molecular complexity index is 1150. The summed E-state index contributed by atoms with van der Waals surface area (Å²) in [7, 11) is 0. The number of nitrogens with one attached hydrogen (secondary N) is 3. The number of H-pyrrole nitrogens is 1. The van der Waals surface area contributed by atoms with E-state index < -0.39 is 0 Å². The molecule has 4 aromatic rings. The van der Waals surface area contributed by atoms with Crippen LogP contribution in [0.4, 0.5) is 5.69 Å². The molecular formula is C24H20N4O. The molecule has 3 aromatic carbocycles. The van der Waals surface area contributed by atoms with E-state index in [0.29, 0.717) is 5.69 Å². The average molecular weight is 380 g/mol. The molecule has 5 heteroatoms. The lowest BCUT2D eigenvalue weighted by atomic mass is 9.96. The summed E-state index contributed by atoms with van der Waals surface area (Å²) in [4.78, 5) is 12.5. The van der Waals surface area contributed by atoms with Crippen LogP contribution in [0.5, 0.6) is 0 Å². The maximum atomic E-state index is 12.5. The Hall–Kier alpha value is -3.86. The SMILES string of the molecule is O=C1NC(c2cccc(NCc3ccccc3)c2)c2c(-c3ccccc3)n[nH]c21. The summed E-state index contributed by atoms with van der Waals surface area (Å²) in [6.07, 6.45) is 0. The van der Waals surface area contributed by atoms with Gasteiger partial charge in [0, 0.05) is 23.4 Å². The summed E-state index contributed by atoms with van der Waals surface area (Å²) in [5.74, 6) is -0.123. The predicted molar refractivity (Wildman–Crippen MR) is 114 cm³/mol. The lowest BCUT2D eigenvalue weighted by Crippen LogP contribution is -2.21. The van der Waals surface area contributed by atoms with Gasteiger partial charge in [-0.25, -0.2) is 0 Å². The Morgan fingerprint density at radius 2 is 1.66 bits per heavy atom. The number of nitrogens with zero attached hydrogens (tertiary/aromatic N) is 1. The number of carbonyl (C=O) groups is 1. The molecule has 142 valence electrons. The van der Waals surface area contributed by atoms with Crippen LogP contribution >= 0.6 is 0 Å². The highest BCUT2D eigenvalue weighted by atomic mass is 16.2. The maximum absolute atomic E-state index is 12.5. The largest absolute Gasteiger partial charge is 0.381 e. The lowest BCUT2D eigenvalue weighted by Gasteiger charge is -2.15. The highest BCUT2D eigenvalue weighted by Gasteiger charge is 2.35. The molecule has 29 heavy (non-hydrogen) atoms. The smallest absolute Gasteiger partial charge is 0.270 e. The third-order valence-corrected chi connectivity index (χ3v) is 5.20. The van der Waals surface area contributed by atoms with Gasteiger partial charge in [-0.1, -0.05) is 72.8 Å². The zero-order valence-electron chi connectivity index (χ0n) is 15.7. The number of aromatic amines is 1. The molecule has 1 atom stereocenters. The Morgan fingerprint density at radius 1 is 0.897 bits per heavy atom. The minimum absolute atomic E-state index is 0.123. The molecule has 1 amide bonds. The van der Waals surface area contributed by atoms with Gasteiger partial charge in [0.25, 0.3) is 5.91 Å². The van der Waals surface area contributed by atoms with Crippen molar-refractivity contribution in [3.05, 3.63) is 107 Å². The van der Waals surface area contributed by atoms with Gasteiger partial charge in [-0.05, 0) is 23.3 Å². The van der Waals surface area contributed by atoms with Gasteiger partial charge in [0.2, 0.25) is 0 Å². The van der Waals surface area contributed by atoms with E-state index in [0.717, 1.165) is 34.6 Å². The highest BCUT2D eigenvalue weighted by Crippen LogP contribution is 2.37. The first kappa shape index (κ1) is 17.3. The number of hydrogen-bond donors (Lipinski definition) is 3. The van der Waals surface area contributed by atoms with Gasteiger partial charge in [-0.3, -0.25) is 9.89 Å². The molecule has 1 aromatic heterocycles. The molecule has 5 nitrogen and oxygen atoms in total. The molecule has 2 heterocycles. The zero-order valence-corrected chi connectivity index (χ0v) is 15.7. The van der Waals surface area contributed by atoms with Crippen molar-refractivity contribution >= 4 is 11.6 Å². The summed E-state index contributed by atoms with van der Waals surface area (Å²) in [6, 6.07) is 28.2. The van der Waals surface area contributed by atoms with Crippen molar-refractivity contribution < 1.29 is 4.79 Å². The van der Waals surface area contributed by atoms with Crippen LogP contribution in [0.25, 0.3) is 11.3 Å². The molecule has 0 aliphatic carbocycles. The molecule has 0 fully saturated rings. The second kappa shape index (κ2) is 7.28. The summed E-state index contributed by atoms with van der Waals surface area (Å²) in [5.41, 5.74) is 6.50. The van der Waals surface area contributed by atoms with Gasteiger partial charge in [0.15, 0.2) is 0 Å². The maximum Gasteiger partial charge on any atom is 0.270 e. The van der Waals surface area contributed by atoms with Crippen molar-refractivity contribution in [3.8, 4) is 11.3 Å². The van der Waals surface area contributed by atoms with Gasteiger partial charge in [-0.2, -0.15) is 5.10 Å². The second-order valence-electron chi connectivity index (χ2n) is 7.10. The summed E-state index contributed by atoms with van der Waals surface area (Å²) in [5, 5.41) is 13.9. The molecule has 0 radical (unpaired) electrons. The van der Waals surface area contributed by atoms with E-state index in [1.54, 1.807) is 0 Å². The lowest BCUT2D eigenvalue weighted by molar-refractivity contribution is 0.0955. The number of hydrogen-bond acceptors (Lipinski definition) is 3. The summed E-state index contributed by atoms with van der Waals surface area (Å²) in [6.45, 7) is 0.744. The van der Waals surface area contributed by atoms with E-state index in [-0.39, 0.29) is 11.9 Å². The fourth-order valence-electron chi connectivity index (χ4n) is 3.77. The summed E-state index contributed by atoms with van der Waals surface area (Å²) < 4.78 is 0. The number of aromatic nitrogens is 2. The van der Waals surface area contributed by atoms with Crippen molar-refractivity contribution in [3.63, 3.8) is 0 Å². The molecule has 1 aliphatic heterocycles. The number of amides is 1. The third-order valence-electron chi connectivity index (χ3n) is 5.20. The van der Waals surface area contributed by atoms with Crippen LogP contribution in [0, 0.1) is 0 Å². The van der Waals surface area contributed by atoms with Crippen LogP contribution in [0.1, 0.15) is 33.2 Å². The van der Waals surface area contributed by atoms with E-state index >= 15 is 0 Å².